The lowest BCUT2D eigenvalue weighted by Crippen LogP contribution is -2.00. The van der Waals surface area contributed by atoms with Crippen molar-refractivity contribution in [3.8, 4) is 0 Å². The zero-order chi connectivity index (χ0) is 10.7. The number of alkyl halides is 3. The summed E-state index contributed by atoms with van der Waals surface area (Å²) < 4.78 is 24.9. The number of halogens is 4. The Balaban J connectivity index is 3.23. The molecule has 0 saturated heterocycles. The Morgan fingerprint density at radius 1 is 1.57 bits per heavy atom. The van der Waals surface area contributed by atoms with Gasteiger partial charge < -0.3 is 5.11 Å². The fourth-order valence-corrected chi connectivity index (χ4v) is 1.72. The van der Waals surface area contributed by atoms with Crippen LogP contribution in [0.25, 0.3) is 0 Å². The lowest BCUT2D eigenvalue weighted by Gasteiger charge is -2.08. The summed E-state index contributed by atoms with van der Waals surface area (Å²) in [6, 6.07) is 1.21. The molecule has 0 bridgehead atoms. The third-order valence-electron chi connectivity index (χ3n) is 1.70. The van der Waals surface area contributed by atoms with Crippen LogP contribution in [0.1, 0.15) is 23.2 Å². The Morgan fingerprint density at radius 3 is 2.64 bits per heavy atom. The van der Waals surface area contributed by atoms with Gasteiger partial charge in [0, 0.05) is 5.56 Å². The fourth-order valence-electron chi connectivity index (χ4n) is 0.991. The summed E-state index contributed by atoms with van der Waals surface area (Å²) in [6.45, 7) is -0.345. The minimum atomic E-state index is -2.62. The van der Waals surface area contributed by atoms with Crippen molar-refractivity contribution in [2.75, 3.05) is 0 Å². The summed E-state index contributed by atoms with van der Waals surface area (Å²) in [5.41, 5.74) is 0.506. The summed E-state index contributed by atoms with van der Waals surface area (Å²) in [5, 5.41) is 8.89. The molecular formula is C8H7BrClF2NO. The molecule has 1 heterocycles. The Morgan fingerprint density at radius 2 is 2.21 bits per heavy atom. The lowest BCUT2D eigenvalue weighted by molar-refractivity contribution is 0.149. The predicted molar refractivity (Wildman–Crippen MR) is 52.4 cm³/mol. The first-order chi connectivity index (χ1) is 6.60. The molecule has 0 amide bonds. The van der Waals surface area contributed by atoms with E-state index < -0.39 is 6.43 Å². The monoisotopic (exact) mass is 285 g/mol. The quantitative estimate of drug-likeness (QED) is 0.684. The molecule has 1 aromatic heterocycles. The second kappa shape index (κ2) is 5.00. The molecule has 0 radical (unpaired) electrons. The molecule has 0 aliphatic rings. The van der Waals surface area contributed by atoms with Crippen LogP contribution in [0.2, 0.25) is 0 Å². The molecule has 0 atom stereocenters. The van der Waals surface area contributed by atoms with Crippen LogP contribution in [0.4, 0.5) is 8.78 Å². The van der Waals surface area contributed by atoms with Crippen LogP contribution in [0, 0.1) is 0 Å². The highest BCUT2D eigenvalue weighted by Gasteiger charge is 2.16. The number of nitrogens with zero attached hydrogens (tertiary/aromatic N) is 1. The molecule has 2 nitrogen and oxygen atoms in total. The smallest absolute Gasteiger partial charge is 0.266 e. The van der Waals surface area contributed by atoms with E-state index in [-0.39, 0.29) is 22.7 Å². The van der Waals surface area contributed by atoms with E-state index in [9.17, 15) is 8.78 Å². The van der Waals surface area contributed by atoms with Gasteiger partial charge in [0.2, 0.25) is 0 Å². The van der Waals surface area contributed by atoms with E-state index in [1.807, 2.05) is 0 Å². The van der Waals surface area contributed by atoms with Gasteiger partial charge in [-0.2, -0.15) is 0 Å². The second-order valence-corrected chi connectivity index (χ2v) is 3.59. The fraction of sp³-hybridized carbons (Fsp3) is 0.375. The van der Waals surface area contributed by atoms with E-state index in [0.29, 0.717) is 11.3 Å². The van der Waals surface area contributed by atoms with Crippen LogP contribution in [-0.2, 0) is 12.5 Å². The highest BCUT2D eigenvalue weighted by atomic mass is 79.9. The van der Waals surface area contributed by atoms with E-state index in [0.717, 1.165) is 0 Å². The summed E-state index contributed by atoms with van der Waals surface area (Å²) in [5.74, 6) is 0.0814. The van der Waals surface area contributed by atoms with Gasteiger partial charge in [-0.15, -0.1) is 11.6 Å². The molecule has 6 heteroatoms. The van der Waals surface area contributed by atoms with E-state index >= 15 is 0 Å². The number of aromatic nitrogens is 1. The Labute approximate surface area is 93.0 Å². The Kier molecular flexibility index (Phi) is 4.22. The van der Waals surface area contributed by atoms with E-state index in [4.69, 9.17) is 16.7 Å². The van der Waals surface area contributed by atoms with Gasteiger partial charge in [-0.25, -0.2) is 13.8 Å². The van der Waals surface area contributed by atoms with Gasteiger partial charge in [-0.1, -0.05) is 0 Å². The highest BCUT2D eigenvalue weighted by Crippen LogP contribution is 2.28. The van der Waals surface area contributed by atoms with Crippen molar-refractivity contribution in [3.63, 3.8) is 0 Å². The largest absolute Gasteiger partial charge is 0.392 e. The standard InChI is InChI=1S/C8H7BrClF2NO/c9-7-5(8(11)12)1-4(3-14)6(2-10)13-7/h1,8,14H,2-3H2. The maximum absolute atomic E-state index is 12.4. The van der Waals surface area contributed by atoms with E-state index in [2.05, 4.69) is 20.9 Å². The van der Waals surface area contributed by atoms with Crippen LogP contribution < -0.4 is 0 Å². The van der Waals surface area contributed by atoms with Crippen molar-refractivity contribution in [2.45, 2.75) is 18.9 Å². The second-order valence-electron chi connectivity index (χ2n) is 2.57. The van der Waals surface area contributed by atoms with Crippen molar-refractivity contribution in [1.82, 2.24) is 4.98 Å². The van der Waals surface area contributed by atoms with Gasteiger partial charge in [-0.05, 0) is 22.0 Å². The average molecular weight is 287 g/mol. The number of hydrogen-bond donors (Lipinski definition) is 1. The topological polar surface area (TPSA) is 33.1 Å². The normalized spacial score (nSPS) is 11.0. The average Bonchev–Trinajstić information content (AvgIpc) is 2.16. The first kappa shape index (κ1) is 11.8. The summed E-state index contributed by atoms with van der Waals surface area (Å²) in [6.07, 6.45) is -2.62. The third-order valence-corrected chi connectivity index (χ3v) is 2.59. The minimum absolute atomic E-state index is 0.0698. The van der Waals surface area contributed by atoms with Gasteiger partial charge in [0.25, 0.3) is 6.43 Å². The van der Waals surface area contributed by atoms with Gasteiger partial charge in [0.1, 0.15) is 4.60 Å². The molecule has 0 spiro atoms. The first-order valence-corrected chi connectivity index (χ1v) is 5.06. The number of pyridine rings is 1. The summed E-state index contributed by atoms with van der Waals surface area (Å²) >= 11 is 8.45. The molecule has 1 rings (SSSR count). The molecule has 0 fully saturated rings. The predicted octanol–water partition coefficient (Wildman–Crippen LogP) is 3.01. The molecule has 1 aromatic rings. The van der Waals surface area contributed by atoms with Crippen LogP contribution in [-0.4, -0.2) is 10.1 Å². The van der Waals surface area contributed by atoms with E-state index in [1.165, 1.54) is 6.07 Å². The van der Waals surface area contributed by atoms with Gasteiger partial charge in [0.15, 0.2) is 0 Å². The van der Waals surface area contributed by atoms with Crippen LogP contribution >= 0.6 is 27.5 Å². The van der Waals surface area contributed by atoms with Crippen molar-refractivity contribution in [2.24, 2.45) is 0 Å². The zero-order valence-corrected chi connectivity index (χ0v) is 9.32. The molecule has 0 saturated carbocycles. The molecule has 0 aliphatic heterocycles. The van der Waals surface area contributed by atoms with Crippen molar-refractivity contribution < 1.29 is 13.9 Å². The highest BCUT2D eigenvalue weighted by molar-refractivity contribution is 9.10. The SMILES string of the molecule is OCc1cc(C(F)F)c(Br)nc1CCl. The number of rotatable bonds is 3. The van der Waals surface area contributed by atoms with Crippen LogP contribution in [0.3, 0.4) is 0 Å². The Bertz CT molecular complexity index is 335. The van der Waals surface area contributed by atoms with Crippen LogP contribution in [0.15, 0.2) is 10.7 Å². The number of hydrogen-bond acceptors (Lipinski definition) is 2. The third kappa shape index (κ3) is 2.40. The Hall–Kier alpha value is -0.260. The lowest BCUT2D eigenvalue weighted by atomic mass is 10.1. The molecule has 0 aromatic carbocycles. The molecule has 0 unspecified atom stereocenters. The summed E-state index contributed by atoms with van der Waals surface area (Å²) in [4.78, 5) is 3.83. The zero-order valence-electron chi connectivity index (χ0n) is 6.98. The van der Waals surface area contributed by atoms with Crippen molar-refractivity contribution in [3.05, 3.63) is 27.5 Å². The first-order valence-electron chi connectivity index (χ1n) is 3.73. The summed E-state index contributed by atoms with van der Waals surface area (Å²) in [7, 11) is 0. The maximum Gasteiger partial charge on any atom is 0.266 e. The molecule has 1 N–H and O–H groups in total. The number of aliphatic hydroxyl groups excluding tert-OH is 1. The molecule has 0 aliphatic carbocycles. The van der Waals surface area contributed by atoms with Gasteiger partial charge in [-0.3, -0.25) is 0 Å². The molecule has 78 valence electrons. The minimum Gasteiger partial charge on any atom is -0.392 e. The van der Waals surface area contributed by atoms with Gasteiger partial charge in [0.05, 0.1) is 23.7 Å². The van der Waals surface area contributed by atoms with E-state index in [1.54, 1.807) is 0 Å². The van der Waals surface area contributed by atoms with Crippen molar-refractivity contribution >= 4 is 27.5 Å². The van der Waals surface area contributed by atoms with Crippen LogP contribution in [0.5, 0.6) is 0 Å². The maximum atomic E-state index is 12.4. The van der Waals surface area contributed by atoms with Crippen molar-refractivity contribution in [1.29, 1.82) is 0 Å². The van der Waals surface area contributed by atoms with Gasteiger partial charge >= 0.3 is 0 Å². The molecule has 14 heavy (non-hydrogen) atoms. The number of aliphatic hydroxyl groups is 1. The molecular weight excluding hydrogens is 279 g/mol.